The molecule has 0 saturated carbocycles. The molecule has 0 saturated heterocycles. The molecular formula is C13H14N2O4S. The zero-order valence-corrected chi connectivity index (χ0v) is 11.3. The van der Waals surface area contributed by atoms with Gasteiger partial charge in [0, 0.05) is 12.6 Å². The second-order valence-electron chi connectivity index (χ2n) is 4.16. The van der Waals surface area contributed by atoms with Crippen molar-refractivity contribution >= 4 is 15.7 Å². The number of hydrogen-bond acceptors (Lipinski definition) is 5. The number of hydrogen-bond donors (Lipinski definition) is 4. The Morgan fingerprint density at radius 3 is 2.20 bits per heavy atom. The Balaban J connectivity index is 2.27. The number of phenols is 2. The van der Waals surface area contributed by atoms with Crippen molar-refractivity contribution in [1.82, 2.24) is 0 Å². The van der Waals surface area contributed by atoms with Crippen LogP contribution in [0.25, 0.3) is 0 Å². The van der Waals surface area contributed by atoms with Crippen molar-refractivity contribution in [3.63, 3.8) is 0 Å². The number of anilines is 1. The van der Waals surface area contributed by atoms with Crippen LogP contribution in [0.4, 0.5) is 5.69 Å². The molecule has 6 nitrogen and oxygen atoms in total. The molecule has 2 aromatic rings. The minimum atomic E-state index is -3.75. The average molecular weight is 294 g/mol. The second-order valence-corrected chi connectivity index (χ2v) is 5.84. The van der Waals surface area contributed by atoms with E-state index >= 15 is 0 Å². The largest absolute Gasteiger partial charge is 0.504 e. The van der Waals surface area contributed by atoms with Gasteiger partial charge in [0.15, 0.2) is 11.5 Å². The molecule has 0 aliphatic heterocycles. The Bertz CT molecular complexity index is 712. The lowest BCUT2D eigenvalue weighted by Gasteiger charge is -2.09. The van der Waals surface area contributed by atoms with Gasteiger partial charge in [-0.2, -0.15) is 0 Å². The smallest absolute Gasteiger partial charge is 0.261 e. The lowest BCUT2D eigenvalue weighted by Crippen LogP contribution is -2.13. The fourth-order valence-corrected chi connectivity index (χ4v) is 2.66. The van der Waals surface area contributed by atoms with Gasteiger partial charge in [-0.05, 0) is 29.8 Å². The van der Waals surface area contributed by atoms with Crippen molar-refractivity contribution in [3.8, 4) is 11.5 Å². The summed E-state index contributed by atoms with van der Waals surface area (Å²) in [4.78, 5) is 0.0854. The molecule has 0 amide bonds. The molecule has 0 aliphatic rings. The Hall–Kier alpha value is -2.25. The van der Waals surface area contributed by atoms with Crippen LogP contribution in [-0.4, -0.2) is 18.6 Å². The van der Waals surface area contributed by atoms with Crippen LogP contribution in [0, 0.1) is 0 Å². The van der Waals surface area contributed by atoms with Crippen LogP contribution in [-0.2, 0) is 16.6 Å². The molecule has 0 aromatic heterocycles. The normalized spacial score (nSPS) is 11.2. The topological polar surface area (TPSA) is 113 Å². The van der Waals surface area contributed by atoms with Crippen LogP contribution >= 0.6 is 0 Å². The third-order valence-corrected chi connectivity index (χ3v) is 4.09. The number of rotatable bonds is 4. The summed E-state index contributed by atoms with van der Waals surface area (Å²) >= 11 is 0. The highest BCUT2D eigenvalue weighted by molar-refractivity contribution is 7.92. The second kappa shape index (κ2) is 5.40. The maximum atomic E-state index is 12.1. The van der Waals surface area contributed by atoms with Gasteiger partial charge in [-0.15, -0.1) is 0 Å². The fraction of sp³-hybridized carbons (Fsp3) is 0.0769. The Labute approximate surface area is 116 Å². The molecule has 0 spiro atoms. The van der Waals surface area contributed by atoms with E-state index in [0.717, 1.165) is 11.6 Å². The lowest BCUT2D eigenvalue weighted by atomic mass is 10.2. The number of aromatic hydroxyl groups is 2. The predicted octanol–water partition coefficient (Wildman–Crippen LogP) is 1.36. The SMILES string of the molecule is NCc1ccc(S(=O)(=O)Nc2ccc(O)c(O)c2)cc1. The Morgan fingerprint density at radius 1 is 1.00 bits per heavy atom. The molecular weight excluding hydrogens is 280 g/mol. The van der Waals surface area contributed by atoms with Crippen LogP contribution in [0.1, 0.15) is 5.56 Å². The van der Waals surface area contributed by atoms with Gasteiger partial charge in [0.1, 0.15) is 0 Å². The number of benzene rings is 2. The average Bonchev–Trinajstić information content (AvgIpc) is 2.43. The third kappa shape index (κ3) is 3.01. The van der Waals surface area contributed by atoms with Gasteiger partial charge >= 0.3 is 0 Å². The van der Waals surface area contributed by atoms with E-state index in [0.29, 0.717) is 6.54 Å². The Kier molecular flexibility index (Phi) is 3.82. The van der Waals surface area contributed by atoms with Crippen LogP contribution in [0.5, 0.6) is 11.5 Å². The van der Waals surface area contributed by atoms with Crippen LogP contribution in [0.15, 0.2) is 47.4 Å². The fourth-order valence-electron chi connectivity index (χ4n) is 1.61. The van der Waals surface area contributed by atoms with Crippen molar-refractivity contribution in [2.24, 2.45) is 5.73 Å². The summed E-state index contributed by atoms with van der Waals surface area (Å²) in [6.07, 6.45) is 0. The van der Waals surface area contributed by atoms with Crippen molar-refractivity contribution < 1.29 is 18.6 Å². The highest BCUT2D eigenvalue weighted by atomic mass is 32.2. The summed E-state index contributed by atoms with van der Waals surface area (Å²) in [5.74, 6) is -0.719. The third-order valence-electron chi connectivity index (χ3n) is 2.70. The van der Waals surface area contributed by atoms with Gasteiger partial charge in [-0.25, -0.2) is 8.42 Å². The van der Waals surface area contributed by atoms with E-state index in [1.807, 2.05) is 0 Å². The molecule has 0 aliphatic carbocycles. The van der Waals surface area contributed by atoms with Crippen LogP contribution in [0.2, 0.25) is 0 Å². The molecule has 0 atom stereocenters. The number of nitrogens with two attached hydrogens (primary N) is 1. The molecule has 5 N–H and O–H groups in total. The summed E-state index contributed by atoms with van der Waals surface area (Å²) in [6, 6.07) is 9.83. The molecule has 106 valence electrons. The molecule has 0 bridgehead atoms. The standard InChI is InChI=1S/C13H14N2O4S/c14-8-9-1-4-11(5-2-9)20(18,19)15-10-3-6-12(16)13(17)7-10/h1-7,15-17H,8,14H2. The molecule has 2 rings (SSSR count). The van der Waals surface area contributed by atoms with E-state index in [1.54, 1.807) is 12.1 Å². The van der Waals surface area contributed by atoms with Gasteiger partial charge in [0.05, 0.1) is 10.6 Å². The summed E-state index contributed by atoms with van der Waals surface area (Å²) in [5.41, 5.74) is 6.43. The summed E-state index contributed by atoms with van der Waals surface area (Å²) in [6.45, 7) is 0.333. The van der Waals surface area contributed by atoms with E-state index < -0.39 is 15.8 Å². The number of phenolic OH excluding ortho intramolecular Hbond substituents is 2. The zero-order chi connectivity index (χ0) is 14.8. The van der Waals surface area contributed by atoms with Gasteiger partial charge < -0.3 is 15.9 Å². The molecule has 0 radical (unpaired) electrons. The monoisotopic (exact) mass is 294 g/mol. The zero-order valence-electron chi connectivity index (χ0n) is 10.4. The van der Waals surface area contributed by atoms with Crippen LogP contribution < -0.4 is 10.5 Å². The minimum absolute atomic E-state index is 0.0854. The number of sulfonamides is 1. The molecule has 0 unspecified atom stereocenters. The van der Waals surface area contributed by atoms with Gasteiger partial charge in [0.25, 0.3) is 10.0 Å². The highest BCUT2D eigenvalue weighted by Gasteiger charge is 2.14. The van der Waals surface area contributed by atoms with E-state index in [9.17, 15) is 18.6 Å². The quantitative estimate of drug-likeness (QED) is 0.502. The maximum absolute atomic E-state index is 12.1. The summed E-state index contributed by atoms with van der Waals surface area (Å²) < 4.78 is 26.5. The first kappa shape index (κ1) is 14.2. The molecule has 2 aromatic carbocycles. The van der Waals surface area contributed by atoms with Crippen molar-refractivity contribution in [3.05, 3.63) is 48.0 Å². The highest BCUT2D eigenvalue weighted by Crippen LogP contribution is 2.28. The van der Waals surface area contributed by atoms with E-state index in [1.165, 1.54) is 24.3 Å². The van der Waals surface area contributed by atoms with E-state index in [4.69, 9.17) is 5.73 Å². The Morgan fingerprint density at radius 2 is 1.65 bits per heavy atom. The van der Waals surface area contributed by atoms with Crippen molar-refractivity contribution in [2.75, 3.05) is 4.72 Å². The summed E-state index contributed by atoms with van der Waals surface area (Å²) in [5, 5.41) is 18.5. The van der Waals surface area contributed by atoms with E-state index in [-0.39, 0.29) is 16.3 Å². The molecule has 7 heteroatoms. The first-order valence-corrected chi connectivity index (χ1v) is 7.24. The maximum Gasteiger partial charge on any atom is 0.261 e. The molecule has 0 heterocycles. The van der Waals surface area contributed by atoms with Gasteiger partial charge in [-0.1, -0.05) is 12.1 Å². The van der Waals surface area contributed by atoms with Crippen molar-refractivity contribution in [2.45, 2.75) is 11.4 Å². The van der Waals surface area contributed by atoms with Gasteiger partial charge in [-0.3, -0.25) is 4.72 Å². The molecule has 0 fully saturated rings. The summed E-state index contributed by atoms with van der Waals surface area (Å²) in [7, 11) is -3.75. The lowest BCUT2D eigenvalue weighted by molar-refractivity contribution is 0.404. The predicted molar refractivity (Wildman–Crippen MR) is 74.9 cm³/mol. The van der Waals surface area contributed by atoms with Gasteiger partial charge in [0.2, 0.25) is 0 Å². The minimum Gasteiger partial charge on any atom is -0.504 e. The van der Waals surface area contributed by atoms with Crippen LogP contribution in [0.3, 0.4) is 0 Å². The first-order valence-electron chi connectivity index (χ1n) is 5.76. The van der Waals surface area contributed by atoms with E-state index in [2.05, 4.69) is 4.72 Å². The first-order chi connectivity index (χ1) is 9.42. The molecule has 20 heavy (non-hydrogen) atoms. The number of nitrogens with one attached hydrogen (secondary N) is 1. The van der Waals surface area contributed by atoms with Crippen molar-refractivity contribution in [1.29, 1.82) is 0 Å².